The van der Waals surface area contributed by atoms with Crippen LogP contribution in [0, 0.1) is 0 Å². The molecule has 36 nitrogen and oxygen atoms in total. The minimum absolute atomic E-state index is 0.00357. The number of rotatable bonds is 24. The van der Waals surface area contributed by atoms with E-state index in [0.29, 0.717) is 44.5 Å². The lowest BCUT2D eigenvalue weighted by Crippen LogP contribution is -2.33. The number of carbonyl (C=O) groups is 12. The normalized spacial score (nSPS) is 14.9. The minimum Gasteiger partial charge on any atom is -0.453 e. The monoisotopic (exact) mass is 1870 g/mol. The number of fused-ring (bicyclic) bond motifs is 4. The minimum atomic E-state index is -1.00. The van der Waals surface area contributed by atoms with Crippen LogP contribution in [-0.2, 0) is 57.3 Å². The molecule has 8 aromatic rings. The predicted octanol–water partition coefficient (Wildman–Crippen LogP) is 21.0. The van der Waals surface area contributed by atoms with E-state index in [-0.39, 0.29) is 215 Å². The summed E-state index contributed by atoms with van der Waals surface area (Å²) in [6.07, 6.45) is -1.78. The lowest BCUT2D eigenvalue weighted by atomic mass is 9.76. The second kappa shape index (κ2) is 40.4. The fourth-order valence-electron chi connectivity index (χ4n) is 16.6. The Hall–Kier alpha value is -15.0. The second-order valence-electron chi connectivity index (χ2n) is 37.8. The number of amides is 12. The van der Waals surface area contributed by atoms with E-state index in [9.17, 15) is 57.5 Å². The first-order valence-corrected chi connectivity index (χ1v) is 44.9. The smallest absolute Gasteiger partial charge is 0.407 e. The van der Waals surface area contributed by atoms with Crippen LogP contribution < -0.4 is 102 Å². The molecular weight excluding hydrogens is 1750 g/mol. The zero-order valence-corrected chi connectivity index (χ0v) is 79.8. The average molecular weight is 1870 g/mol. The molecule has 13 rings (SSSR count). The molecule has 4 heterocycles. The Kier molecular flexibility index (Phi) is 29.3. The highest BCUT2D eigenvalue weighted by atomic mass is 16.6. The van der Waals surface area contributed by atoms with Gasteiger partial charge in [0.15, 0.2) is 46.0 Å². The lowest BCUT2D eigenvalue weighted by molar-refractivity contribution is -0.115. The summed E-state index contributed by atoms with van der Waals surface area (Å²) in [5, 5.41) is 34.7. The van der Waals surface area contributed by atoms with Gasteiger partial charge in [-0.3, -0.25) is 38.4 Å². The molecule has 1 aliphatic carbocycles. The van der Waals surface area contributed by atoms with Crippen molar-refractivity contribution < 1.29 is 114 Å². The first kappa shape index (κ1) is 98.5. The van der Waals surface area contributed by atoms with E-state index < -0.39 is 118 Å². The number of alkyl carbamates (subject to hydrolysis) is 4. The van der Waals surface area contributed by atoms with Crippen LogP contribution >= 0.6 is 0 Å². The first-order chi connectivity index (χ1) is 64.0. The van der Waals surface area contributed by atoms with Crippen molar-refractivity contribution in [2.45, 2.75) is 236 Å². The van der Waals surface area contributed by atoms with Crippen LogP contribution in [0.3, 0.4) is 0 Å². The van der Waals surface area contributed by atoms with Crippen molar-refractivity contribution >= 4 is 117 Å². The number of hydrogen-bond donors (Lipinski definition) is 12. The molecule has 0 aromatic heterocycles. The fourth-order valence-corrected chi connectivity index (χ4v) is 16.6. The molecule has 0 unspecified atom stereocenters. The van der Waals surface area contributed by atoms with Gasteiger partial charge < -0.3 is 121 Å². The van der Waals surface area contributed by atoms with Crippen LogP contribution in [-0.4, -0.2) is 120 Å². The number of ether oxygens (including phenoxy) is 12. The molecule has 0 radical (unpaired) electrons. The van der Waals surface area contributed by atoms with Gasteiger partial charge >= 0.3 is 24.4 Å². The number of nitrogens with one attached hydrogen (secondary N) is 12. The van der Waals surface area contributed by atoms with E-state index in [1.807, 2.05) is 24.3 Å². The fraction of sp³-hybridized carbons (Fsp3) is 0.400. The van der Waals surface area contributed by atoms with E-state index in [1.165, 1.54) is 104 Å². The molecule has 12 amide bonds. The van der Waals surface area contributed by atoms with Crippen molar-refractivity contribution in [1.82, 2.24) is 21.3 Å². The van der Waals surface area contributed by atoms with Crippen molar-refractivity contribution in [3.8, 4) is 92.0 Å². The first-order valence-electron chi connectivity index (χ1n) is 44.9. The van der Waals surface area contributed by atoms with E-state index in [1.54, 1.807) is 107 Å². The highest BCUT2D eigenvalue weighted by molar-refractivity contribution is 6.03. The largest absolute Gasteiger partial charge is 0.453 e. The van der Waals surface area contributed by atoms with Gasteiger partial charge in [0.25, 0.3) is 0 Å². The van der Waals surface area contributed by atoms with E-state index in [2.05, 4.69) is 63.8 Å². The molecule has 0 saturated carbocycles. The Morgan fingerprint density at radius 3 is 0.463 bits per heavy atom. The summed E-state index contributed by atoms with van der Waals surface area (Å²) in [6, 6.07) is 26.2. The summed E-state index contributed by atoms with van der Waals surface area (Å²) < 4.78 is 83.4. The summed E-state index contributed by atoms with van der Waals surface area (Å²) in [4.78, 5) is 164. The molecule has 0 spiro atoms. The third-order valence-electron chi connectivity index (χ3n) is 21.5. The van der Waals surface area contributed by atoms with Crippen molar-refractivity contribution in [2.75, 3.05) is 68.7 Å². The molecule has 8 bridgehead atoms. The topological polar surface area (TPSA) is 460 Å². The Labute approximate surface area is 787 Å². The van der Waals surface area contributed by atoms with Gasteiger partial charge in [0.1, 0.15) is 68.4 Å². The highest BCUT2D eigenvalue weighted by Crippen LogP contribution is 2.61. The van der Waals surface area contributed by atoms with Crippen LogP contribution in [0.4, 0.5) is 64.7 Å². The third-order valence-corrected chi connectivity index (χ3v) is 21.5. The van der Waals surface area contributed by atoms with Crippen LogP contribution in [0.5, 0.6) is 92.0 Å². The summed E-state index contributed by atoms with van der Waals surface area (Å²) >= 11 is 0. The Morgan fingerprint density at radius 2 is 0.346 bits per heavy atom. The number of anilines is 8. The molecule has 12 N–H and O–H groups in total. The Balaban J connectivity index is 1.27. The molecule has 0 saturated heterocycles. The van der Waals surface area contributed by atoms with Crippen LogP contribution in [0.25, 0.3) is 0 Å². The molecule has 5 aliphatic rings. The summed E-state index contributed by atoms with van der Waals surface area (Å²) in [5.74, 6) is -8.30. The third kappa shape index (κ3) is 25.1. The van der Waals surface area contributed by atoms with Gasteiger partial charge in [-0.25, -0.2) is 19.2 Å². The molecule has 136 heavy (non-hydrogen) atoms. The Morgan fingerprint density at radius 1 is 0.213 bits per heavy atom. The van der Waals surface area contributed by atoms with Crippen LogP contribution in [0.15, 0.2) is 97.1 Å². The molecule has 0 fully saturated rings. The van der Waals surface area contributed by atoms with Gasteiger partial charge in [0.2, 0.25) is 47.3 Å². The van der Waals surface area contributed by atoms with Gasteiger partial charge in [-0.1, -0.05) is 0 Å². The standard InChI is InChI=1S/C100H116N12O24/c1-49(113)105-69-37-85-86(38-70(69)106-50(2)114)126-78-46-80-64-34-62(78)57(25-21-29-101-93(121)133-97(9,10)11)61-33-63-58(26-22-30-102-94(122)134-98(12,13)14)65-35-67-60(28-24-32-104-96(124)136-100(18,19)20)68-36-66(59(64)27-23-31-103-95(123)135-99(15,16)17)82(130-90-42-74(110-54(6)118)73(109-53(5)117)41-89(90)128-80)48-84(68)132-92-44-76(112-56(8)120)75(111-55(7)119)43-91(92)131-83(67)47-81(65)129-88-40-72(108-52(4)116)71(107-51(3)115)39-87(88)127-79(63)45-77(61)125-85/h33-48,57-60H,21-32H2,1-20H3,(H,101,121)(H,102,122)(H,103,123)(H,104,124)(H,105,113)(H,106,114)(H,107,115)(H,108,116)(H,109,117)(H,110,118)(H,111,119)(H,112,120). The van der Waals surface area contributed by atoms with Gasteiger partial charge in [0, 0.05) is 223 Å². The van der Waals surface area contributed by atoms with Crippen molar-refractivity contribution in [3.05, 3.63) is 142 Å². The zero-order valence-electron chi connectivity index (χ0n) is 79.8. The summed E-state index contributed by atoms with van der Waals surface area (Å²) in [7, 11) is 0. The quantitative estimate of drug-likeness (QED) is 0.0197. The summed E-state index contributed by atoms with van der Waals surface area (Å²) in [6.45, 7) is 31.2. The maximum absolute atomic E-state index is 13.9. The molecule has 0 atom stereocenters. The number of hydrogen-bond acceptors (Lipinski definition) is 24. The second-order valence-corrected chi connectivity index (χ2v) is 37.8. The van der Waals surface area contributed by atoms with Crippen LogP contribution in [0.2, 0.25) is 0 Å². The van der Waals surface area contributed by atoms with Gasteiger partial charge in [-0.15, -0.1) is 0 Å². The van der Waals surface area contributed by atoms with Gasteiger partial charge in [-0.2, -0.15) is 0 Å². The van der Waals surface area contributed by atoms with E-state index >= 15 is 0 Å². The number of carbonyl (C=O) groups excluding carboxylic acids is 12. The lowest BCUT2D eigenvalue weighted by Gasteiger charge is -2.30. The van der Waals surface area contributed by atoms with Crippen molar-refractivity contribution in [3.63, 3.8) is 0 Å². The summed E-state index contributed by atoms with van der Waals surface area (Å²) in [5.41, 5.74) is 0.0970. The molecule has 8 aromatic carbocycles. The van der Waals surface area contributed by atoms with Crippen molar-refractivity contribution in [2.24, 2.45) is 0 Å². The average Bonchev–Trinajstić information content (AvgIpc) is 1.50. The zero-order chi connectivity index (χ0) is 98.5. The van der Waals surface area contributed by atoms with E-state index in [4.69, 9.17) is 56.8 Å². The molecule has 720 valence electrons. The van der Waals surface area contributed by atoms with Crippen molar-refractivity contribution in [1.29, 1.82) is 0 Å². The Bertz CT molecular complexity index is 5130. The highest BCUT2D eigenvalue weighted by Gasteiger charge is 2.41. The molecular formula is C100H116N12O24. The molecule has 36 heteroatoms. The predicted molar refractivity (Wildman–Crippen MR) is 508 cm³/mol. The maximum atomic E-state index is 13.9. The SMILES string of the molecule is CC(=O)Nc1cc2c(cc1NC(C)=O)Oc1cc3c4cc1C(CCCNC(=O)OC(C)(C)C)c1cc5c(cc1O2)Oc1cc(NC(C)=O)c(NC(C)=O)cc1Oc1cc2c(cc1C5CCCNC(=O)OC(C)(C)C)C(CCCNC(=O)OC(C)(C)C)c1cc(c(cc1Oc1cc(NC(C)=O)c(NC(C)=O)cc1O2)Oc1cc(NC(C)=O)c(NC(C)=O)cc1O3)C4CCCNC(=O)OC(C)(C)C. The maximum Gasteiger partial charge on any atom is 0.407 e. The van der Waals surface area contributed by atoms with E-state index in [0.717, 1.165) is 0 Å². The van der Waals surface area contributed by atoms with Crippen LogP contribution in [0.1, 0.15) is 258 Å². The molecule has 4 aliphatic heterocycles. The number of benzene rings is 8. The van der Waals surface area contributed by atoms with Gasteiger partial charge in [-0.05, 0) is 159 Å². The van der Waals surface area contributed by atoms with Gasteiger partial charge in [0.05, 0.1) is 45.5 Å².